The van der Waals surface area contributed by atoms with E-state index in [2.05, 4.69) is 10.2 Å². The van der Waals surface area contributed by atoms with Crippen molar-refractivity contribution in [2.24, 2.45) is 0 Å². The van der Waals surface area contributed by atoms with Gasteiger partial charge in [0.25, 0.3) is 0 Å². The van der Waals surface area contributed by atoms with Crippen molar-refractivity contribution in [2.75, 3.05) is 13.1 Å². The van der Waals surface area contributed by atoms with Crippen LogP contribution in [0.2, 0.25) is 5.02 Å². The first-order valence-corrected chi connectivity index (χ1v) is 8.22. The van der Waals surface area contributed by atoms with Crippen molar-refractivity contribution in [1.29, 1.82) is 0 Å². The Morgan fingerprint density at radius 2 is 2.00 bits per heavy atom. The Labute approximate surface area is 140 Å². The SMILES string of the molecule is O=C(CC(O)c1ccc(Cl)cc1)N1CCC(c2ccn[nH]2)CC1. The highest BCUT2D eigenvalue weighted by Gasteiger charge is 2.25. The summed E-state index contributed by atoms with van der Waals surface area (Å²) in [5, 5.41) is 17.8. The normalized spacial score (nSPS) is 17.2. The van der Waals surface area contributed by atoms with Crippen LogP contribution < -0.4 is 0 Å². The average molecular weight is 334 g/mol. The van der Waals surface area contributed by atoms with Gasteiger partial charge in [-0.3, -0.25) is 9.89 Å². The molecule has 1 atom stereocenters. The first kappa shape index (κ1) is 16.0. The van der Waals surface area contributed by atoms with E-state index in [9.17, 15) is 9.90 Å². The highest BCUT2D eigenvalue weighted by atomic mass is 35.5. The second kappa shape index (κ2) is 7.15. The number of likely N-dealkylation sites (tertiary alicyclic amines) is 1. The van der Waals surface area contributed by atoms with Gasteiger partial charge < -0.3 is 10.0 Å². The maximum atomic E-state index is 12.4. The van der Waals surface area contributed by atoms with Crippen molar-refractivity contribution in [3.63, 3.8) is 0 Å². The van der Waals surface area contributed by atoms with E-state index in [1.54, 1.807) is 30.5 Å². The smallest absolute Gasteiger partial charge is 0.225 e. The third-order valence-electron chi connectivity index (χ3n) is 4.43. The Morgan fingerprint density at radius 1 is 1.30 bits per heavy atom. The number of aromatic nitrogens is 2. The molecule has 1 saturated heterocycles. The van der Waals surface area contributed by atoms with Gasteiger partial charge in [0, 0.05) is 35.9 Å². The molecule has 1 aromatic heterocycles. The van der Waals surface area contributed by atoms with Crippen LogP contribution in [0, 0.1) is 0 Å². The molecule has 5 nitrogen and oxygen atoms in total. The summed E-state index contributed by atoms with van der Waals surface area (Å²) in [7, 11) is 0. The number of H-pyrrole nitrogens is 1. The summed E-state index contributed by atoms with van der Waals surface area (Å²) in [5.74, 6) is 0.429. The van der Waals surface area contributed by atoms with Crippen molar-refractivity contribution in [1.82, 2.24) is 15.1 Å². The molecule has 6 heteroatoms. The summed E-state index contributed by atoms with van der Waals surface area (Å²) in [6.07, 6.45) is 2.92. The van der Waals surface area contributed by atoms with Crippen LogP contribution in [0.15, 0.2) is 36.5 Å². The minimum absolute atomic E-state index is 0.00416. The molecule has 0 aliphatic carbocycles. The zero-order chi connectivity index (χ0) is 16.2. The zero-order valence-corrected chi connectivity index (χ0v) is 13.5. The van der Waals surface area contributed by atoms with Crippen LogP contribution in [0.5, 0.6) is 0 Å². The number of halogens is 1. The molecule has 2 N–H and O–H groups in total. The summed E-state index contributed by atoms with van der Waals surface area (Å²) < 4.78 is 0. The van der Waals surface area contributed by atoms with Crippen LogP contribution in [0.25, 0.3) is 0 Å². The molecule has 1 unspecified atom stereocenters. The number of carbonyl (C=O) groups excluding carboxylic acids is 1. The lowest BCUT2D eigenvalue weighted by Crippen LogP contribution is -2.38. The van der Waals surface area contributed by atoms with E-state index < -0.39 is 6.10 Å². The molecule has 3 rings (SSSR count). The second-order valence-corrected chi connectivity index (χ2v) is 6.37. The van der Waals surface area contributed by atoms with Gasteiger partial charge in [-0.15, -0.1) is 0 Å². The molecular formula is C17H20ClN3O2. The lowest BCUT2D eigenvalue weighted by Gasteiger charge is -2.32. The number of hydrogen-bond acceptors (Lipinski definition) is 3. The summed E-state index contributed by atoms with van der Waals surface area (Å²) >= 11 is 5.84. The van der Waals surface area contributed by atoms with Crippen molar-refractivity contribution in [3.05, 3.63) is 52.8 Å². The fourth-order valence-electron chi connectivity index (χ4n) is 3.03. The Hall–Kier alpha value is -1.85. The number of carbonyl (C=O) groups is 1. The topological polar surface area (TPSA) is 69.2 Å². The van der Waals surface area contributed by atoms with Crippen molar-refractivity contribution >= 4 is 17.5 Å². The van der Waals surface area contributed by atoms with Gasteiger partial charge >= 0.3 is 0 Å². The number of aliphatic hydroxyl groups excluding tert-OH is 1. The van der Waals surface area contributed by atoms with Crippen molar-refractivity contribution in [2.45, 2.75) is 31.3 Å². The molecule has 1 aliphatic rings. The van der Waals surface area contributed by atoms with E-state index in [-0.39, 0.29) is 12.3 Å². The predicted molar refractivity (Wildman–Crippen MR) is 88.2 cm³/mol. The molecule has 0 spiro atoms. The largest absolute Gasteiger partial charge is 0.388 e. The van der Waals surface area contributed by atoms with Gasteiger partial charge in [0.15, 0.2) is 0 Å². The number of aromatic amines is 1. The Kier molecular flexibility index (Phi) is 4.98. The van der Waals surface area contributed by atoms with E-state index in [4.69, 9.17) is 11.6 Å². The van der Waals surface area contributed by atoms with E-state index in [1.165, 1.54) is 0 Å². The molecule has 0 bridgehead atoms. The van der Waals surface area contributed by atoms with Crippen molar-refractivity contribution in [3.8, 4) is 0 Å². The molecule has 1 amide bonds. The summed E-state index contributed by atoms with van der Waals surface area (Å²) in [5.41, 5.74) is 1.85. The van der Waals surface area contributed by atoms with Crippen LogP contribution in [0.4, 0.5) is 0 Å². The molecule has 1 aromatic carbocycles. The Bertz CT molecular complexity index is 634. The highest BCUT2D eigenvalue weighted by molar-refractivity contribution is 6.30. The average Bonchev–Trinajstić information content (AvgIpc) is 3.10. The van der Waals surface area contributed by atoms with Crippen LogP contribution in [-0.2, 0) is 4.79 Å². The van der Waals surface area contributed by atoms with Crippen molar-refractivity contribution < 1.29 is 9.90 Å². The third kappa shape index (κ3) is 3.92. The van der Waals surface area contributed by atoms with Gasteiger partial charge in [-0.05, 0) is 36.6 Å². The number of piperidine rings is 1. The Balaban J connectivity index is 1.52. The van der Waals surface area contributed by atoms with Gasteiger partial charge in [0.1, 0.15) is 0 Å². The van der Waals surface area contributed by atoms with Crippen LogP contribution in [0.1, 0.15) is 42.5 Å². The maximum absolute atomic E-state index is 12.4. The van der Waals surface area contributed by atoms with E-state index in [1.807, 2.05) is 11.0 Å². The minimum Gasteiger partial charge on any atom is -0.388 e. The van der Waals surface area contributed by atoms with E-state index >= 15 is 0 Å². The molecule has 1 fully saturated rings. The van der Waals surface area contributed by atoms with Gasteiger partial charge in [-0.2, -0.15) is 5.10 Å². The lowest BCUT2D eigenvalue weighted by atomic mass is 9.93. The number of amides is 1. The number of nitrogens with one attached hydrogen (secondary N) is 1. The summed E-state index contributed by atoms with van der Waals surface area (Å²) in [4.78, 5) is 14.2. The van der Waals surface area contributed by atoms with Gasteiger partial charge in [-0.25, -0.2) is 0 Å². The highest BCUT2D eigenvalue weighted by Crippen LogP contribution is 2.27. The quantitative estimate of drug-likeness (QED) is 0.904. The fourth-order valence-corrected chi connectivity index (χ4v) is 3.16. The van der Waals surface area contributed by atoms with E-state index in [0.717, 1.165) is 37.2 Å². The molecule has 0 radical (unpaired) electrons. The molecule has 1 aliphatic heterocycles. The Morgan fingerprint density at radius 3 is 2.61 bits per heavy atom. The van der Waals surface area contributed by atoms with Crippen LogP contribution in [-0.4, -0.2) is 39.2 Å². The zero-order valence-electron chi connectivity index (χ0n) is 12.8. The number of benzene rings is 1. The lowest BCUT2D eigenvalue weighted by molar-refractivity contribution is -0.134. The van der Waals surface area contributed by atoms with Gasteiger partial charge in [0.2, 0.25) is 5.91 Å². The fraction of sp³-hybridized carbons (Fsp3) is 0.412. The minimum atomic E-state index is -0.787. The molecule has 2 aromatic rings. The molecular weight excluding hydrogens is 314 g/mol. The van der Waals surface area contributed by atoms with E-state index in [0.29, 0.717) is 10.9 Å². The van der Waals surface area contributed by atoms with Gasteiger partial charge in [0.05, 0.1) is 12.5 Å². The molecule has 2 heterocycles. The molecule has 0 saturated carbocycles. The van der Waals surface area contributed by atoms with Crippen LogP contribution in [0.3, 0.4) is 0 Å². The number of hydrogen-bond donors (Lipinski definition) is 2. The standard InChI is InChI=1S/C17H20ClN3O2/c18-14-3-1-13(2-4-14)16(22)11-17(23)21-9-6-12(7-10-21)15-5-8-19-20-15/h1-5,8,12,16,22H,6-7,9-11H2,(H,19,20). The number of rotatable bonds is 4. The monoisotopic (exact) mass is 333 g/mol. The maximum Gasteiger partial charge on any atom is 0.225 e. The second-order valence-electron chi connectivity index (χ2n) is 5.94. The summed E-state index contributed by atoms with van der Waals surface area (Å²) in [6.45, 7) is 1.44. The number of aliphatic hydroxyl groups is 1. The number of nitrogens with zero attached hydrogens (tertiary/aromatic N) is 2. The first-order chi connectivity index (χ1) is 11.1. The van der Waals surface area contributed by atoms with Gasteiger partial charge in [-0.1, -0.05) is 23.7 Å². The summed E-state index contributed by atoms with van der Waals surface area (Å²) in [6, 6.07) is 8.95. The first-order valence-electron chi connectivity index (χ1n) is 7.84. The third-order valence-corrected chi connectivity index (χ3v) is 4.68. The van der Waals surface area contributed by atoms with Crippen LogP contribution >= 0.6 is 11.6 Å². The molecule has 23 heavy (non-hydrogen) atoms. The predicted octanol–water partition coefficient (Wildman–Crippen LogP) is 2.89. The molecule has 122 valence electrons.